The highest BCUT2D eigenvalue weighted by Gasteiger charge is 2.52. The van der Waals surface area contributed by atoms with Crippen LogP contribution >= 0.6 is 0 Å². The third kappa shape index (κ3) is 4.43. The van der Waals surface area contributed by atoms with Crippen LogP contribution in [0.5, 0.6) is 5.75 Å². The van der Waals surface area contributed by atoms with E-state index in [0.717, 1.165) is 16.7 Å². The van der Waals surface area contributed by atoms with Gasteiger partial charge in [0.05, 0.1) is 19.0 Å². The third-order valence-corrected chi connectivity index (χ3v) is 8.24. The number of alkyl halides is 1. The zero-order valence-electron chi connectivity index (χ0n) is 23.5. The lowest BCUT2D eigenvalue weighted by Gasteiger charge is -2.37. The summed E-state index contributed by atoms with van der Waals surface area (Å²) >= 11 is 0. The van der Waals surface area contributed by atoms with E-state index in [1.54, 1.807) is 14.0 Å². The van der Waals surface area contributed by atoms with E-state index in [4.69, 9.17) is 14.5 Å². The number of anilines is 1. The molecule has 5 aromatic rings. The lowest BCUT2D eigenvalue weighted by molar-refractivity contribution is -0.0920. The first-order chi connectivity index (χ1) is 20.3. The van der Waals surface area contributed by atoms with E-state index < -0.39 is 35.2 Å². The molecule has 1 saturated heterocycles. The molecule has 0 bridgehead atoms. The van der Waals surface area contributed by atoms with Crippen molar-refractivity contribution in [3.8, 4) is 5.75 Å². The molecule has 216 valence electrons. The molecular weight excluding hydrogens is 537 g/mol. The number of hydrogen-bond donors (Lipinski definition) is 3. The topological polar surface area (TPSA) is 114 Å². The molecule has 0 aliphatic carbocycles. The summed E-state index contributed by atoms with van der Waals surface area (Å²) in [5.41, 5.74) is 0.209. The number of nitrogens with zero attached hydrogens (tertiary/aromatic N) is 3. The van der Waals surface area contributed by atoms with Crippen molar-refractivity contribution in [3.05, 3.63) is 118 Å². The molecule has 1 aliphatic heterocycles. The second kappa shape index (κ2) is 10.7. The summed E-state index contributed by atoms with van der Waals surface area (Å²) < 4.78 is 28.2. The van der Waals surface area contributed by atoms with Crippen LogP contribution in [0.3, 0.4) is 0 Å². The van der Waals surface area contributed by atoms with Gasteiger partial charge in [0, 0.05) is 0 Å². The quantitative estimate of drug-likeness (QED) is 0.227. The Bertz CT molecular complexity index is 1700. The van der Waals surface area contributed by atoms with E-state index in [-0.39, 0.29) is 17.1 Å². The standard InChI is InChI=1S/C32H32FN5O4/c1-4-31(2)26(39)24(33)29(42-31)38-19-34-25-27(38)35-30(36-28(25)40)37-32(20-11-7-5-8-12-20,21-13-9-6-10-14-21)22-15-17-23(41-3)18-16-22/h5-19,24,26,29,39H,4H2,1-3H3,(H2,35,36,37,40)/t24-,26+,29-,31-/m1/s1. The average molecular weight is 570 g/mol. The van der Waals surface area contributed by atoms with Gasteiger partial charge in [-0.05, 0) is 42.2 Å². The van der Waals surface area contributed by atoms with Crippen LogP contribution in [0, 0.1) is 0 Å². The molecule has 3 heterocycles. The smallest absolute Gasteiger partial charge is 0.280 e. The van der Waals surface area contributed by atoms with E-state index in [9.17, 15) is 9.90 Å². The maximum atomic E-state index is 15.4. The summed E-state index contributed by atoms with van der Waals surface area (Å²) in [6, 6.07) is 27.3. The Morgan fingerprint density at radius 1 is 1.05 bits per heavy atom. The normalized spacial score (nSPS) is 22.4. The predicted molar refractivity (Wildman–Crippen MR) is 157 cm³/mol. The number of aromatic amines is 1. The Morgan fingerprint density at radius 2 is 1.64 bits per heavy atom. The molecular formula is C32H32FN5O4. The molecule has 3 N–H and O–H groups in total. The van der Waals surface area contributed by atoms with Crippen molar-refractivity contribution in [2.75, 3.05) is 12.4 Å². The van der Waals surface area contributed by atoms with Crippen molar-refractivity contribution < 1.29 is 19.0 Å². The van der Waals surface area contributed by atoms with Crippen LogP contribution in [0.15, 0.2) is 96.1 Å². The van der Waals surface area contributed by atoms with Crippen LogP contribution in [0.25, 0.3) is 11.2 Å². The van der Waals surface area contributed by atoms with E-state index >= 15 is 4.39 Å². The van der Waals surface area contributed by atoms with Gasteiger partial charge in [0.15, 0.2) is 23.6 Å². The monoisotopic (exact) mass is 569 g/mol. The minimum absolute atomic E-state index is 0.0328. The lowest BCUT2D eigenvalue weighted by Crippen LogP contribution is -2.39. The number of nitrogens with one attached hydrogen (secondary N) is 2. The number of H-pyrrole nitrogens is 1. The first kappa shape index (κ1) is 27.6. The van der Waals surface area contributed by atoms with Crippen molar-refractivity contribution >= 4 is 17.1 Å². The summed E-state index contributed by atoms with van der Waals surface area (Å²) in [7, 11) is 1.61. The Balaban J connectivity index is 1.54. The van der Waals surface area contributed by atoms with Crippen LogP contribution in [-0.2, 0) is 10.3 Å². The number of methoxy groups -OCH3 is 1. The van der Waals surface area contributed by atoms with Gasteiger partial charge in [-0.15, -0.1) is 0 Å². The zero-order valence-corrected chi connectivity index (χ0v) is 23.5. The Kier molecular flexibility index (Phi) is 7.04. The summed E-state index contributed by atoms with van der Waals surface area (Å²) in [4.78, 5) is 25.1. The summed E-state index contributed by atoms with van der Waals surface area (Å²) in [5, 5.41) is 14.1. The summed E-state index contributed by atoms with van der Waals surface area (Å²) in [6.07, 6.45) is -2.56. The highest BCUT2D eigenvalue weighted by molar-refractivity contribution is 5.71. The van der Waals surface area contributed by atoms with Crippen LogP contribution in [0.2, 0.25) is 0 Å². The highest BCUT2D eigenvalue weighted by atomic mass is 19.1. The Morgan fingerprint density at radius 3 is 2.19 bits per heavy atom. The number of fused-ring (bicyclic) bond motifs is 1. The van der Waals surface area contributed by atoms with E-state index in [1.807, 2.05) is 91.9 Å². The fourth-order valence-electron chi connectivity index (χ4n) is 5.69. The van der Waals surface area contributed by atoms with Gasteiger partial charge in [0.2, 0.25) is 5.95 Å². The third-order valence-electron chi connectivity index (χ3n) is 8.24. The van der Waals surface area contributed by atoms with Gasteiger partial charge in [-0.3, -0.25) is 14.3 Å². The largest absolute Gasteiger partial charge is 0.497 e. The number of imidazole rings is 1. The maximum Gasteiger partial charge on any atom is 0.280 e. The van der Waals surface area contributed by atoms with Crippen molar-refractivity contribution in [2.24, 2.45) is 0 Å². The molecule has 42 heavy (non-hydrogen) atoms. The molecule has 3 aromatic carbocycles. The first-order valence-corrected chi connectivity index (χ1v) is 13.8. The summed E-state index contributed by atoms with van der Waals surface area (Å²) in [6.45, 7) is 3.49. The van der Waals surface area contributed by atoms with Gasteiger partial charge in [0.1, 0.15) is 17.4 Å². The second-order valence-corrected chi connectivity index (χ2v) is 10.6. The van der Waals surface area contributed by atoms with Crippen molar-refractivity contribution in [3.63, 3.8) is 0 Å². The van der Waals surface area contributed by atoms with Crippen LogP contribution in [0.1, 0.15) is 43.2 Å². The molecule has 10 heteroatoms. The first-order valence-electron chi connectivity index (χ1n) is 13.8. The number of rotatable bonds is 8. The number of hydrogen-bond acceptors (Lipinski definition) is 7. The van der Waals surface area contributed by atoms with Gasteiger partial charge in [-0.2, -0.15) is 4.98 Å². The highest BCUT2D eigenvalue weighted by Crippen LogP contribution is 2.42. The molecule has 1 fully saturated rings. The van der Waals surface area contributed by atoms with Crippen LogP contribution in [0.4, 0.5) is 10.3 Å². The molecule has 2 aromatic heterocycles. The average Bonchev–Trinajstić information content (AvgIpc) is 3.55. The van der Waals surface area contributed by atoms with Gasteiger partial charge in [-0.25, -0.2) is 9.37 Å². The number of halogens is 1. The summed E-state index contributed by atoms with van der Waals surface area (Å²) in [5.74, 6) is 0.842. The van der Waals surface area contributed by atoms with Gasteiger partial charge in [-0.1, -0.05) is 79.7 Å². The molecule has 0 saturated carbocycles. The molecule has 1 aliphatic rings. The second-order valence-electron chi connectivity index (χ2n) is 10.6. The molecule has 0 spiro atoms. The molecule has 0 amide bonds. The minimum atomic E-state index is -1.74. The fourth-order valence-corrected chi connectivity index (χ4v) is 5.69. The van der Waals surface area contributed by atoms with Gasteiger partial charge in [0.25, 0.3) is 5.56 Å². The predicted octanol–water partition coefficient (Wildman–Crippen LogP) is 4.93. The Hall–Kier alpha value is -4.54. The van der Waals surface area contributed by atoms with E-state index in [2.05, 4.69) is 15.3 Å². The fraction of sp³-hybridized carbons (Fsp3) is 0.281. The number of aromatic nitrogens is 4. The Labute approximate surface area is 242 Å². The number of ether oxygens (including phenoxy) is 2. The van der Waals surface area contributed by atoms with Crippen molar-refractivity contribution in [2.45, 2.75) is 49.9 Å². The number of aliphatic hydroxyl groups is 1. The van der Waals surface area contributed by atoms with Gasteiger partial charge < -0.3 is 19.9 Å². The molecule has 6 rings (SSSR count). The number of aliphatic hydroxyl groups excluding tert-OH is 1. The molecule has 0 unspecified atom stereocenters. The number of benzene rings is 3. The van der Waals surface area contributed by atoms with Crippen LogP contribution < -0.4 is 15.6 Å². The lowest BCUT2D eigenvalue weighted by atomic mass is 9.77. The van der Waals surface area contributed by atoms with E-state index in [0.29, 0.717) is 12.2 Å². The van der Waals surface area contributed by atoms with Crippen molar-refractivity contribution in [1.82, 2.24) is 19.5 Å². The van der Waals surface area contributed by atoms with Crippen LogP contribution in [-0.4, -0.2) is 49.6 Å². The van der Waals surface area contributed by atoms with Crippen molar-refractivity contribution in [1.29, 1.82) is 0 Å². The molecule has 9 nitrogen and oxygen atoms in total. The SMILES string of the molecule is CC[C@@]1(C)O[C@@H](n2cnc3c(=O)[nH]c(NC(c4ccccc4)(c4ccccc4)c4ccc(OC)cc4)nc32)[C@H](F)[C@@H]1O. The maximum absolute atomic E-state index is 15.4. The molecule has 4 atom stereocenters. The molecule has 0 radical (unpaired) electrons. The van der Waals surface area contributed by atoms with Gasteiger partial charge >= 0.3 is 0 Å². The minimum Gasteiger partial charge on any atom is -0.497 e. The van der Waals surface area contributed by atoms with E-state index in [1.165, 1.54) is 10.9 Å². The zero-order chi connectivity index (χ0) is 29.5.